The van der Waals surface area contributed by atoms with Crippen molar-refractivity contribution in [2.24, 2.45) is 0 Å². The van der Waals surface area contributed by atoms with Crippen molar-refractivity contribution in [1.29, 1.82) is 0 Å². The molecule has 2 unspecified atom stereocenters. The first-order valence-corrected chi connectivity index (χ1v) is 4.84. The van der Waals surface area contributed by atoms with E-state index < -0.39 is 6.10 Å². The van der Waals surface area contributed by atoms with Crippen molar-refractivity contribution < 1.29 is 14.9 Å². The Morgan fingerprint density at radius 2 is 2.21 bits per heavy atom. The van der Waals surface area contributed by atoms with Gasteiger partial charge in [0.25, 0.3) is 0 Å². The van der Waals surface area contributed by atoms with Gasteiger partial charge in [-0.1, -0.05) is 18.2 Å². The molecule has 0 saturated carbocycles. The summed E-state index contributed by atoms with van der Waals surface area (Å²) in [6.07, 6.45) is 0.620. The predicted molar refractivity (Wildman–Crippen MR) is 52.3 cm³/mol. The molecule has 2 N–H and O–H groups in total. The number of benzene rings is 1. The van der Waals surface area contributed by atoms with E-state index in [4.69, 9.17) is 9.84 Å². The monoisotopic (exact) mass is 194 g/mol. The molecule has 3 nitrogen and oxygen atoms in total. The SMILES string of the molecule is OCC(O)C1CCc2ccccc2O1. The summed E-state index contributed by atoms with van der Waals surface area (Å²) >= 11 is 0. The van der Waals surface area contributed by atoms with E-state index in [1.807, 2.05) is 24.3 Å². The third-order valence-electron chi connectivity index (χ3n) is 2.57. The van der Waals surface area contributed by atoms with Crippen molar-refractivity contribution >= 4 is 0 Å². The summed E-state index contributed by atoms with van der Waals surface area (Å²) < 4.78 is 5.57. The summed E-state index contributed by atoms with van der Waals surface area (Å²) in [5.74, 6) is 0.830. The van der Waals surface area contributed by atoms with Crippen LogP contribution in [0.5, 0.6) is 5.75 Å². The predicted octanol–water partition coefficient (Wildman–Crippen LogP) is 0.733. The van der Waals surface area contributed by atoms with Crippen LogP contribution in [0.25, 0.3) is 0 Å². The van der Waals surface area contributed by atoms with Crippen LogP contribution >= 0.6 is 0 Å². The zero-order valence-electron chi connectivity index (χ0n) is 7.89. The van der Waals surface area contributed by atoms with Crippen LogP contribution in [0.4, 0.5) is 0 Å². The maximum atomic E-state index is 9.43. The average Bonchev–Trinajstić information content (AvgIpc) is 2.27. The Kier molecular flexibility index (Phi) is 2.70. The van der Waals surface area contributed by atoms with E-state index in [2.05, 4.69) is 0 Å². The quantitative estimate of drug-likeness (QED) is 0.729. The first-order chi connectivity index (χ1) is 6.81. The van der Waals surface area contributed by atoms with Crippen molar-refractivity contribution in [3.63, 3.8) is 0 Å². The lowest BCUT2D eigenvalue weighted by Crippen LogP contribution is -2.37. The Morgan fingerprint density at radius 1 is 1.43 bits per heavy atom. The molecule has 0 aliphatic carbocycles. The van der Waals surface area contributed by atoms with Crippen LogP contribution in [0.3, 0.4) is 0 Å². The highest BCUT2D eigenvalue weighted by Gasteiger charge is 2.25. The van der Waals surface area contributed by atoms with Crippen LogP contribution in [0.15, 0.2) is 24.3 Å². The number of fused-ring (bicyclic) bond motifs is 1. The van der Waals surface area contributed by atoms with Crippen LogP contribution in [0, 0.1) is 0 Å². The highest BCUT2D eigenvalue weighted by Crippen LogP contribution is 2.27. The first kappa shape index (κ1) is 9.49. The van der Waals surface area contributed by atoms with Crippen molar-refractivity contribution in [3.05, 3.63) is 29.8 Å². The first-order valence-electron chi connectivity index (χ1n) is 4.84. The normalized spacial score (nSPS) is 22.3. The number of aryl methyl sites for hydroxylation is 1. The van der Waals surface area contributed by atoms with E-state index >= 15 is 0 Å². The molecule has 0 spiro atoms. The van der Waals surface area contributed by atoms with Gasteiger partial charge in [0.05, 0.1) is 6.61 Å². The van der Waals surface area contributed by atoms with E-state index in [9.17, 15) is 5.11 Å². The van der Waals surface area contributed by atoms with Crippen LogP contribution in [-0.4, -0.2) is 29.0 Å². The van der Waals surface area contributed by atoms with Gasteiger partial charge in [0.15, 0.2) is 0 Å². The minimum Gasteiger partial charge on any atom is -0.487 e. The van der Waals surface area contributed by atoms with Crippen LogP contribution < -0.4 is 4.74 Å². The molecule has 0 bridgehead atoms. The molecule has 0 radical (unpaired) electrons. The number of para-hydroxylation sites is 1. The Morgan fingerprint density at radius 3 is 3.00 bits per heavy atom. The van der Waals surface area contributed by atoms with Gasteiger partial charge in [0, 0.05) is 0 Å². The van der Waals surface area contributed by atoms with E-state index in [1.54, 1.807) is 0 Å². The summed E-state index contributed by atoms with van der Waals surface area (Å²) in [4.78, 5) is 0. The van der Waals surface area contributed by atoms with Crippen molar-refractivity contribution in [3.8, 4) is 5.75 Å². The molecular formula is C11H14O3. The summed E-state index contributed by atoms with van der Waals surface area (Å²) in [5, 5.41) is 18.2. The Labute approximate surface area is 83.0 Å². The zero-order valence-corrected chi connectivity index (χ0v) is 7.89. The van der Waals surface area contributed by atoms with Crippen LogP contribution in [0.1, 0.15) is 12.0 Å². The second-order valence-electron chi connectivity index (χ2n) is 3.55. The average molecular weight is 194 g/mol. The summed E-state index contributed by atoms with van der Waals surface area (Å²) in [7, 11) is 0. The molecule has 1 aliphatic heterocycles. The van der Waals surface area contributed by atoms with Gasteiger partial charge in [-0.25, -0.2) is 0 Å². The van der Waals surface area contributed by atoms with E-state index in [0.29, 0.717) is 0 Å². The molecule has 0 fully saturated rings. The second kappa shape index (κ2) is 3.98. The fourth-order valence-electron chi connectivity index (χ4n) is 1.73. The van der Waals surface area contributed by atoms with Crippen molar-refractivity contribution in [2.45, 2.75) is 25.0 Å². The fraction of sp³-hybridized carbons (Fsp3) is 0.455. The molecule has 0 amide bonds. The topological polar surface area (TPSA) is 49.7 Å². The molecule has 3 heteroatoms. The summed E-state index contributed by atoms with van der Waals surface area (Å²) in [6.45, 7) is -0.243. The summed E-state index contributed by atoms with van der Waals surface area (Å²) in [6, 6.07) is 7.81. The summed E-state index contributed by atoms with van der Waals surface area (Å²) in [5.41, 5.74) is 1.17. The molecule has 76 valence electrons. The Bertz CT molecular complexity index is 311. The standard InChI is InChI=1S/C11H14O3/c12-7-9(13)11-6-5-8-3-1-2-4-10(8)14-11/h1-4,9,11-13H,5-7H2. The molecule has 2 atom stereocenters. The maximum absolute atomic E-state index is 9.43. The number of rotatable bonds is 2. The number of aliphatic hydroxyl groups is 2. The van der Waals surface area contributed by atoms with Gasteiger partial charge < -0.3 is 14.9 Å². The van der Waals surface area contributed by atoms with Gasteiger partial charge in [0.1, 0.15) is 18.0 Å². The van der Waals surface area contributed by atoms with Gasteiger partial charge in [-0.05, 0) is 24.5 Å². The molecule has 0 aromatic heterocycles. The lowest BCUT2D eigenvalue weighted by Gasteiger charge is -2.28. The zero-order chi connectivity index (χ0) is 9.97. The van der Waals surface area contributed by atoms with Crippen molar-refractivity contribution in [2.75, 3.05) is 6.61 Å². The third kappa shape index (κ3) is 1.74. The van der Waals surface area contributed by atoms with Gasteiger partial charge in [-0.15, -0.1) is 0 Å². The third-order valence-corrected chi connectivity index (χ3v) is 2.57. The van der Waals surface area contributed by atoms with Gasteiger partial charge >= 0.3 is 0 Å². The molecule has 0 saturated heterocycles. The number of hydrogen-bond donors (Lipinski definition) is 2. The van der Waals surface area contributed by atoms with Crippen molar-refractivity contribution in [1.82, 2.24) is 0 Å². The molecule has 2 rings (SSSR count). The van der Waals surface area contributed by atoms with Gasteiger partial charge in [-0.3, -0.25) is 0 Å². The smallest absolute Gasteiger partial charge is 0.127 e. The lowest BCUT2D eigenvalue weighted by atomic mass is 9.99. The van der Waals surface area contributed by atoms with Crippen LogP contribution in [0.2, 0.25) is 0 Å². The lowest BCUT2D eigenvalue weighted by molar-refractivity contribution is -0.00958. The van der Waals surface area contributed by atoms with E-state index in [-0.39, 0.29) is 12.7 Å². The minimum absolute atomic E-state index is 0.243. The second-order valence-corrected chi connectivity index (χ2v) is 3.55. The number of hydrogen-bond acceptors (Lipinski definition) is 3. The highest BCUT2D eigenvalue weighted by atomic mass is 16.5. The minimum atomic E-state index is -0.775. The number of aliphatic hydroxyl groups excluding tert-OH is 2. The molecule has 1 heterocycles. The molecule has 1 aliphatic rings. The Balaban J connectivity index is 2.13. The van der Waals surface area contributed by atoms with Gasteiger partial charge in [0.2, 0.25) is 0 Å². The molecule has 1 aromatic carbocycles. The molecule has 14 heavy (non-hydrogen) atoms. The highest BCUT2D eigenvalue weighted by molar-refractivity contribution is 5.35. The van der Waals surface area contributed by atoms with E-state index in [0.717, 1.165) is 18.6 Å². The molecule has 1 aromatic rings. The largest absolute Gasteiger partial charge is 0.487 e. The Hall–Kier alpha value is -1.06. The molecular weight excluding hydrogens is 180 g/mol. The maximum Gasteiger partial charge on any atom is 0.127 e. The van der Waals surface area contributed by atoms with Crippen LogP contribution in [-0.2, 0) is 6.42 Å². The van der Waals surface area contributed by atoms with Gasteiger partial charge in [-0.2, -0.15) is 0 Å². The van der Waals surface area contributed by atoms with E-state index in [1.165, 1.54) is 5.56 Å². The fourth-order valence-corrected chi connectivity index (χ4v) is 1.73. The number of ether oxygens (including phenoxy) is 1.